The van der Waals surface area contributed by atoms with Crippen molar-refractivity contribution in [2.24, 2.45) is 0 Å². The molecular formula is C10H10BrNO2. The van der Waals surface area contributed by atoms with Crippen LogP contribution in [0.15, 0.2) is 28.7 Å². The molecule has 0 aliphatic heterocycles. The van der Waals surface area contributed by atoms with Crippen molar-refractivity contribution in [3.63, 3.8) is 0 Å². The lowest BCUT2D eigenvalue weighted by Crippen LogP contribution is -2.17. The minimum Gasteiger partial charge on any atom is -0.389 e. The highest BCUT2D eigenvalue weighted by Crippen LogP contribution is 2.20. The van der Waals surface area contributed by atoms with Crippen LogP contribution in [0.2, 0.25) is 0 Å². The molecule has 2 N–H and O–H groups in total. The number of benzene rings is 1. The summed E-state index contributed by atoms with van der Waals surface area (Å²) in [5.41, 5.74) is 0.607. The van der Waals surface area contributed by atoms with Crippen LogP contribution in [0.1, 0.15) is 18.1 Å². The molecule has 0 fully saturated rings. The molecule has 0 aliphatic rings. The van der Waals surface area contributed by atoms with Gasteiger partial charge in [-0.25, -0.2) is 0 Å². The van der Waals surface area contributed by atoms with Gasteiger partial charge in [-0.2, -0.15) is 5.26 Å². The normalized spacial score (nSPS) is 14.4. The number of nitrogens with zero attached hydrogens (tertiary/aromatic N) is 1. The molecular weight excluding hydrogens is 246 g/mol. The molecule has 4 heteroatoms. The predicted octanol–water partition coefficient (Wildman–Crippen LogP) is 1.76. The molecule has 0 bridgehead atoms. The van der Waals surface area contributed by atoms with Crippen molar-refractivity contribution in [1.82, 2.24) is 0 Å². The Balaban J connectivity index is 2.74. The highest BCUT2D eigenvalue weighted by Gasteiger charge is 2.17. The lowest BCUT2D eigenvalue weighted by Gasteiger charge is -2.15. The Morgan fingerprint density at radius 2 is 1.86 bits per heavy atom. The third-order valence-electron chi connectivity index (χ3n) is 1.88. The molecule has 0 spiro atoms. The van der Waals surface area contributed by atoms with Gasteiger partial charge in [0.15, 0.2) is 0 Å². The third-order valence-corrected chi connectivity index (χ3v) is 2.41. The largest absolute Gasteiger partial charge is 0.389 e. The van der Waals surface area contributed by atoms with Gasteiger partial charge in [-0.05, 0) is 17.7 Å². The number of halogens is 1. The zero-order valence-corrected chi connectivity index (χ0v) is 8.98. The van der Waals surface area contributed by atoms with E-state index in [1.54, 1.807) is 24.3 Å². The van der Waals surface area contributed by atoms with Crippen LogP contribution in [0.5, 0.6) is 0 Å². The van der Waals surface area contributed by atoms with Crippen molar-refractivity contribution in [3.8, 4) is 6.07 Å². The molecule has 0 saturated carbocycles. The minimum atomic E-state index is -1.03. The van der Waals surface area contributed by atoms with Crippen LogP contribution in [0.25, 0.3) is 0 Å². The van der Waals surface area contributed by atoms with Gasteiger partial charge in [0, 0.05) is 4.47 Å². The van der Waals surface area contributed by atoms with Crippen molar-refractivity contribution >= 4 is 15.9 Å². The fraction of sp³-hybridized carbons (Fsp3) is 0.300. The van der Waals surface area contributed by atoms with Crippen LogP contribution in [0.3, 0.4) is 0 Å². The number of aliphatic hydroxyl groups excluding tert-OH is 2. The summed E-state index contributed by atoms with van der Waals surface area (Å²) in [4.78, 5) is 0. The van der Waals surface area contributed by atoms with E-state index < -0.39 is 12.2 Å². The first kappa shape index (κ1) is 11.2. The second-order valence-corrected chi connectivity index (χ2v) is 3.84. The molecule has 0 amide bonds. The van der Waals surface area contributed by atoms with Gasteiger partial charge in [0.05, 0.1) is 18.6 Å². The summed E-state index contributed by atoms with van der Waals surface area (Å²) >= 11 is 3.27. The maximum absolute atomic E-state index is 9.59. The maximum Gasteiger partial charge on any atom is 0.106 e. The van der Waals surface area contributed by atoms with Crippen molar-refractivity contribution in [1.29, 1.82) is 5.26 Å². The van der Waals surface area contributed by atoms with E-state index in [0.29, 0.717) is 5.56 Å². The van der Waals surface area contributed by atoms with E-state index in [0.717, 1.165) is 4.47 Å². The van der Waals surface area contributed by atoms with E-state index in [4.69, 9.17) is 5.26 Å². The SMILES string of the molecule is N#CCC(O)C(O)c1ccc(Br)cc1. The molecule has 0 aliphatic carbocycles. The Labute approximate surface area is 90.7 Å². The smallest absolute Gasteiger partial charge is 0.106 e. The summed E-state index contributed by atoms with van der Waals surface area (Å²) in [7, 11) is 0. The molecule has 14 heavy (non-hydrogen) atoms. The second-order valence-electron chi connectivity index (χ2n) is 2.93. The van der Waals surface area contributed by atoms with E-state index in [9.17, 15) is 10.2 Å². The first-order valence-corrected chi connectivity index (χ1v) is 4.93. The van der Waals surface area contributed by atoms with Gasteiger partial charge in [-0.1, -0.05) is 28.1 Å². The highest BCUT2D eigenvalue weighted by molar-refractivity contribution is 9.10. The monoisotopic (exact) mass is 255 g/mol. The van der Waals surface area contributed by atoms with Crippen LogP contribution in [0.4, 0.5) is 0 Å². The molecule has 3 nitrogen and oxygen atoms in total. The third kappa shape index (κ3) is 2.81. The number of nitriles is 1. The Morgan fingerprint density at radius 3 is 2.36 bits per heavy atom. The molecule has 2 atom stereocenters. The molecule has 0 aromatic heterocycles. The first-order valence-electron chi connectivity index (χ1n) is 4.13. The molecule has 0 heterocycles. The average molecular weight is 256 g/mol. The van der Waals surface area contributed by atoms with E-state index >= 15 is 0 Å². The quantitative estimate of drug-likeness (QED) is 0.865. The second kappa shape index (κ2) is 5.11. The zero-order chi connectivity index (χ0) is 10.6. The lowest BCUT2D eigenvalue weighted by molar-refractivity contribution is 0.0216. The number of hydrogen-bond donors (Lipinski definition) is 2. The van der Waals surface area contributed by atoms with E-state index in [2.05, 4.69) is 15.9 Å². The molecule has 74 valence electrons. The summed E-state index contributed by atoms with van der Waals surface area (Å²) < 4.78 is 0.906. The van der Waals surface area contributed by atoms with Crippen molar-refractivity contribution in [2.45, 2.75) is 18.6 Å². The number of rotatable bonds is 3. The van der Waals surface area contributed by atoms with Gasteiger partial charge >= 0.3 is 0 Å². The fourth-order valence-electron chi connectivity index (χ4n) is 1.09. The number of hydrogen-bond acceptors (Lipinski definition) is 3. The number of aliphatic hydroxyl groups is 2. The van der Waals surface area contributed by atoms with Gasteiger partial charge in [0.1, 0.15) is 6.10 Å². The van der Waals surface area contributed by atoms with Crippen molar-refractivity contribution < 1.29 is 10.2 Å². The van der Waals surface area contributed by atoms with E-state index in [-0.39, 0.29) is 6.42 Å². The van der Waals surface area contributed by atoms with E-state index in [1.165, 1.54) is 0 Å². The summed E-state index contributed by atoms with van der Waals surface area (Å²) in [6.45, 7) is 0. The van der Waals surface area contributed by atoms with Gasteiger partial charge in [-0.15, -0.1) is 0 Å². The van der Waals surface area contributed by atoms with Crippen LogP contribution in [-0.2, 0) is 0 Å². The van der Waals surface area contributed by atoms with Crippen molar-refractivity contribution in [2.75, 3.05) is 0 Å². The summed E-state index contributed by atoms with van der Waals surface area (Å²) in [6, 6.07) is 8.77. The van der Waals surface area contributed by atoms with Crippen LogP contribution in [0, 0.1) is 11.3 Å². The maximum atomic E-state index is 9.59. The molecule has 0 saturated heterocycles. The zero-order valence-electron chi connectivity index (χ0n) is 7.39. The molecule has 0 radical (unpaired) electrons. The highest BCUT2D eigenvalue weighted by atomic mass is 79.9. The Bertz CT molecular complexity index is 331. The Kier molecular flexibility index (Phi) is 4.08. The first-order chi connectivity index (χ1) is 6.65. The Morgan fingerprint density at radius 1 is 1.29 bits per heavy atom. The van der Waals surface area contributed by atoms with Crippen LogP contribution >= 0.6 is 15.9 Å². The van der Waals surface area contributed by atoms with Crippen LogP contribution in [-0.4, -0.2) is 16.3 Å². The van der Waals surface area contributed by atoms with Gasteiger partial charge in [0.2, 0.25) is 0 Å². The van der Waals surface area contributed by atoms with Gasteiger partial charge in [0.25, 0.3) is 0 Å². The molecule has 1 aromatic rings. The fourth-order valence-corrected chi connectivity index (χ4v) is 1.35. The molecule has 1 rings (SSSR count). The Hall–Kier alpha value is -0.890. The lowest BCUT2D eigenvalue weighted by atomic mass is 10.0. The van der Waals surface area contributed by atoms with Gasteiger partial charge in [-0.3, -0.25) is 0 Å². The van der Waals surface area contributed by atoms with Crippen molar-refractivity contribution in [3.05, 3.63) is 34.3 Å². The average Bonchev–Trinajstić information content (AvgIpc) is 2.18. The summed E-state index contributed by atoms with van der Waals surface area (Å²) in [5, 5.41) is 27.3. The standard InChI is InChI=1S/C10H10BrNO2/c11-8-3-1-7(2-4-8)10(14)9(13)5-6-12/h1-4,9-10,13-14H,5H2. The minimum absolute atomic E-state index is 0.0722. The van der Waals surface area contributed by atoms with Crippen LogP contribution < -0.4 is 0 Å². The van der Waals surface area contributed by atoms with Gasteiger partial charge < -0.3 is 10.2 Å². The van der Waals surface area contributed by atoms with E-state index in [1.807, 2.05) is 6.07 Å². The molecule has 2 unspecified atom stereocenters. The topological polar surface area (TPSA) is 64.2 Å². The summed E-state index contributed by atoms with van der Waals surface area (Å²) in [5.74, 6) is 0. The molecule has 1 aromatic carbocycles. The summed E-state index contributed by atoms with van der Waals surface area (Å²) in [6.07, 6.45) is -2.10. The predicted molar refractivity (Wildman–Crippen MR) is 55.3 cm³/mol.